The first-order valence-electron chi connectivity index (χ1n) is 6.49. The molecule has 0 spiro atoms. The van der Waals surface area contributed by atoms with Crippen LogP contribution in [0.25, 0.3) is 5.65 Å². The number of primary amides is 1. The summed E-state index contributed by atoms with van der Waals surface area (Å²) in [5, 5.41) is 0. The number of nitrogen functional groups attached to an aromatic ring is 1. The number of amides is 1. The molecule has 2 heterocycles. The number of fused-ring (bicyclic) bond motifs is 1. The van der Waals surface area contributed by atoms with E-state index in [1.807, 2.05) is 4.90 Å². The Morgan fingerprint density at radius 3 is 3.00 bits per heavy atom. The highest BCUT2D eigenvalue weighted by Crippen LogP contribution is 2.20. The third-order valence-corrected chi connectivity index (χ3v) is 2.93. The Hall–Kier alpha value is -2.35. The van der Waals surface area contributed by atoms with Crippen molar-refractivity contribution in [2.45, 2.75) is 19.8 Å². The molecule has 8 heteroatoms. The first-order valence-corrected chi connectivity index (χ1v) is 6.49. The molecular weight excluding hydrogens is 258 g/mol. The third-order valence-electron chi connectivity index (χ3n) is 2.93. The Balaban J connectivity index is 2.44. The number of hydrogen-bond donors (Lipinski definition) is 3. The van der Waals surface area contributed by atoms with Gasteiger partial charge in [-0.25, -0.2) is 15.8 Å². The van der Waals surface area contributed by atoms with Crippen LogP contribution in [0.1, 0.15) is 19.8 Å². The highest BCUT2D eigenvalue weighted by Gasteiger charge is 2.16. The minimum Gasteiger partial charge on any atom is -0.368 e. The summed E-state index contributed by atoms with van der Waals surface area (Å²) in [6.45, 7) is 2.87. The van der Waals surface area contributed by atoms with Crippen molar-refractivity contribution < 1.29 is 4.79 Å². The van der Waals surface area contributed by atoms with Gasteiger partial charge in [-0.1, -0.05) is 13.3 Å². The number of anilines is 2. The second-order valence-electron chi connectivity index (χ2n) is 4.49. The van der Waals surface area contributed by atoms with Crippen molar-refractivity contribution in [3.63, 3.8) is 0 Å². The second kappa shape index (κ2) is 6.20. The summed E-state index contributed by atoms with van der Waals surface area (Å²) in [7, 11) is 0. The minimum atomic E-state index is -0.404. The summed E-state index contributed by atoms with van der Waals surface area (Å²) >= 11 is 0. The maximum Gasteiger partial charge on any atom is 0.237 e. The van der Waals surface area contributed by atoms with Crippen LogP contribution in [-0.4, -0.2) is 33.4 Å². The number of carbonyl (C=O) groups excluding carboxylic acids is 1. The van der Waals surface area contributed by atoms with E-state index in [1.165, 1.54) is 0 Å². The van der Waals surface area contributed by atoms with Crippen molar-refractivity contribution in [2.75, 3.05) is 23.4 Å². The number of carbonyl (C=O) groups is 1. The van der Waals surface area contributed by atoms with Gasteiger partial charge in [0.05, 0.1) is 12.7 Å². The van der Waals surface area contributed by atoms with Crippen LogP contribution in [0.2, 0.25) is 0 Å². The zero-order valence-electron chi connectivity index (χ0n) is 11.4. The Bertz CT molecular complexity index is 595. The predicted octanol–water partition coefficient (Wildman–Crippen LogP) is 0.107. The maximum absolute atomic E-state index is 11.3. The molecule has 0 atom stereocenters. The van der Waals surface area contributed by atoms with E-state index < -0.39 is 5.91 Å². The van der Waals surface area contributed by atoms with Crippen LogP contribution in [0.3, 0.4) is 0 Å². The molecule has 20 heavy (non-hydrogen) atoms. The van der Waals surface area contributed by atoms with Gasteiger partial charge in [-0.3, -0.25) is 4.79 Å². The molecular formula is C12H19N7O. The maximum atomic E-state index is 11.3. The molecule has 0 saturated heterocycles. The van der Waals surface area contributed by atoms with Crippen molar-refractivity contribution in [1.29, 1.82) is 0 Å². The van der Waals surface area contributed by atoms with Crippen LogP contribution in [0.5, 0.6) is 0 Å². The number of unbranched alkanes of at least 4 members (excludes halogenated alkanes) is 1. The molecule has 0 aliphatic carbocycles. The van der Waals surface area contributed by atoms with E-state index in [4.69, 9.17) is 11.6 Å². The lowest BCUT2D eigenvalue weighted by molar-refractivity contribution is -0.116. The molecule has 5 N–H and O–H groups in total. The Morgan fingerprint density at radius 2 is 2.35 bits per heavy atom. The van der Waals surface area contributed by atoms with E-state index in [-0.39, 0.29) is 6.54 Å². The number of nitrogens with zero attached hydrogens (tertiary/aromatic N) is 4. The van der Waals surface area contributed by atoms with Gasteiger partial charge in [0.1, 0.15) is 0 Å². The summed E-state index contributed by atoms with van der Waals surface area (Å²) < 4.78 is 1.80. The molecule has 0 fully saturated rings. The topological polar surface area (TPSA) is 115 Å². The van der Waals surface area contributed by atoms with Crippen molar-refractivity contribution in [2.24, 2.45) is 11.6 Å². The lowest BCUT2D eigenvalue weighted by Crippen LogP contribution is -2.35. The van der Waals surface area contributed by atoms with Crippen LogP contribution in [0.4, 0.5) is 11.6 Å². The molecule has 108 valence electrons. The number of hydrazine groups is 1. The molecule has 0 radical (unpaired) electrons. The molecule has 0 aliphatic heterocycles. The van der Waals surface area contributed by atoms with Gasteiger partial charge in [0.2, 0.25) is 5.91 Å². The number of imidazole rings is 1. The molecule has 0 saturated carbocycles. The second-order valence-corrected chi connectivity index (χ2v) is 4.49. The van der Waals surface area contributed by atoms with Crippen molar-refractivity contribution in [3.8, 4) is 0 Å². The van der Waals surface area contributed by atoms with Gasteiger partial charge in [0, 0.05) is 18.9 Å². The van der Waals surface area contributed by atoms with Crippen LogP contribution in [-0.2, 0) is 4.79 Å². The zero-order valence-corrected chi connectivity index (χ0v) is 11.4. The van der Waals surface area contributed by atoms with Crippen LogP contribution in [0.15, 0.2) is 18.6 Å². The normalized spacial score (nSPS) is 10.7. The van der Waals surface area contributed by atoms with E-state index in [0.29, 0.717) is 23.8 Å². The molecule has 8 nitrogen and oxygen atoms in total. The highest BCUT2D eigenvalue weighted by molar-refractivity contribution is 5.81. The monoisotopic (exact) mass is 277 g/mol. The standard InChI is InChI=1S/C12H19N7O/c1-2-3-5-18(7-9(13)20)12-11-15-4-6-19(11)8-10(16-12)17-14/h4,6,8,17H,2-3,5,7,14H2,1H3,(H2,13,20). The summed E-state index contributed by atoms with van der Waals surface area (Å²) in [4.78, 5) is 21.8. The number of hydrogen-bond acceptors (Lipinski definition) is 6. The van der Waals surface area contributed by atoms with Gasteiger partial charge in [-0.05, 0) is 6.42 Å². The Labute approximate surface area is 116 Å². The molecule has 2 aromatic heterocycles. The summed E-state index contributed by atoms with van der Waals surface area (Å²) in [5.41, 5.74) is 8.50. The summed E-state index contributed by atoms with van der Waals surface area (Å²) in [6, 6.07) is 0. The average Bonchev–Trinajstić information content (AvgIpc) is 2.90. The van der Waals surface area contributed by atoms with Crippen molar-refractivity contribution in [1.82, 2.24) is 14.4 Å². The van der Waals surface area contributed by atoms with Crippen LogP contribution < -0.4 is 21.9 Å². The van der Waals surface area contributed by atoms with E-state index in [9.17, 15) is 4.79 Å². The molecule has 1 amide bonds. The molecule has 2 rings (SSSR count). The van der Waals surface area contributed by atoms with E-state index >= 15 is 0 Å². The van der Waals surface area contributed by atoms with Gasteiger partial charge < -0.3 is 20.5 Å². The summed E-state index contributed by atoms with van der Waals surface area (Å²) in [6.07, 6.45) is 7.14. The first-order chi connectivity index (χ1) is 9.65. The third kappa shape index (κ3) is 2.97. The highest BCUT2D eigenvalue weighted by atomic mass is 16.1. The lowest BCUT2D eigenvalue weighted by Gasteiger charge is -2.22. The molecule has 0 aromatic carbocycles. The van der Waals surface area contributed by atoms with Crippen molar-refractivity contribution >= 4 is 23.2 Å². The molecule has 0 aliphatic rings. The largest absolute Gasteiger partial charge is 0.368 e. The SMILES string of the molecule is CCCCN(CC(N)=O)c1nc(NN)cn2ccnc12. The van der Waals surface area contributed by atoms with E-state index in [0.717, 1.165) is 12.8 Å². The number of nitrogens with one attached hydrogen (secondary N) is 1. The molecule has 2 aromatic rings. The van der Waals surface area contributed by atoms with Crippen molar-refractivity contribution in [3.05, 3.63) is 18.6 Å². The number of aromatic nitrogens is 3. The fourth-order valence-corrected chi connectivity index (χ4v) is 1.99. The Kier molecular flexibility index (Phi) is 4.36. The number of nitrogens with two attached hydrogens (primary N) is 2. The van der Waals surface area contributed by atoms with Crippen LogP contribution in [0, 0.1) is 0 Å². The van der Waals surface area contributed by atoms with Gasteiger partial charge in [0.15, 0.2) is 17.3 Å². The van der Waals surface area contributed by atoms with Crippen LogP contribution >= 0.6 is 0 Å². The van der Waals surface area contributed by atoms with E-state index in [2.05, 4.69) is 22.3 Å². The fraction of sp³-hybridized carbons (Fsp3) is 0.417. The summed E-state index contributed by atoms with van der Waals surface area (Å²) in [5.74, 6) is 6.11. The van der Waals surface area contributed by atoms with Gasteiger partial charge in [-0.2, -0.15) is 0 Å². The smallest absolute Gasteiger partial charge is 0.237 e. The fourth-order valence-electron chi connectivity index (χ4n) is 1.99. The van der Waals surface area contributed by atoms with Gasteiger partial charge in [-0.15, -0.1) is 0 Å². The first kappa shape index (κ1) is 14.1. The number of rotatable bonds is 7. The van der Waals surface area contributed by atoms with Gasteiger partial charge in [0.25, 0.3) is 0 Å². The average molecular weight is 277 g/mol. The minimum absolute atomic E-state index is 0.101. The molecule has 0 unspecified atom stereocenters. The lowest BCUT2D eigenvalue weighted by atomic mass is 10.3. The van der Waals surface area contributed by atoms with Gasteiger partial charge >= 0.3 is 0 Å². The van der Waals surface area contributed by atoms with E-state index in [1.54, 1.807) is 23.0 Å². The quantitative estimate of drug-likeness (QED) is 0.488. The predicted molar refractivity (Wildman–Crippen MR) is 77.1 cm³/mol. The zero-order chi connectivity index (χ0) is 14.5. The Morgan fingerprint density at radius 1 is 1.55 bits per heavy atom. The molecule has 0 bridgehead atoms.